The van der Waals surface area contributed by atoms with Gasteiger partial charge >= 0.3 is 5.97 Å². The number of pyridine rings is 1. The number of rotatable bonds is 1. The fraction of sp³-hybridized carbons (Fsp3) is 0.400. The highest BCUT2D eigenvalue weighted by atomic mass is 35.5. The molecule has 74 valence electrons. The molecule has 2 rings (SSSR count). The Balaban J connectivity index is 2.26. The standard InChI is InChI=1S/C10H10ClNO2/c1-6(13)14-9-3-2-7-4-8(11)5-12-10(7)9/h4-5,9H,2-3H2,1H3. The summed E-state index contributed by atoms with van der Waals surface area (Å²) in [6.07, 6.45) is 3.09. The summed E-state index contributed by atoms with van der Waals surface area (Å²) >= 11 is 5.81. The van der Waals surface area contributed by atoms with Crippen molar-refractivity contribution in [1.29, 1.82) is 0 Å². The Morgan fingerprint density at radius 2 is 2.50 bits per heavy atom. The number of ether oxygens (including phenoxy) is 1. The summed E-state index contributed by atoms with van der Waals surface area (Å²) in [5, 5.41) is 0.632. The highest BCUT2D eigenvalue weighted by Gasteiger charge is 2.26. The average Bonchev–Trinajstić information content (AvgIpc) is 2.47. The first-order chi connectivity index (χ1) is 6.66. The Morgan fingerprint density at radius 3 is 3.21 bits per heavy atom. The van der Waals surface area contributed by atoms with Crippen LogP contribution in [0.15, 0.2) is 12.3 Å². The second-order valence-corrected chi connectivity index (χ2v) is 3.77. The number of aromatic nitrogens is 1. The van der Waals surface area contributed by atoms with E-state index in [0.717, 1.165) is 24.1 Å². The lowest BCUT2D eigenvalue weighted by atomic mass is 10.2. The SMILES string of the molecule is CC(=O)OC1CCc2cc(Cl)cnc21. The van der Waals surface area contributed by atoms with Crippen molar-refractivity contribution in [2.45, 2.75) is 25.9 Å². The summed E-state index contributed by atoms with van der Waals surface area (Å²) < 4.78 is 5.13. The zero-order chi connectivity index (χ0) is 10.1. The molecule has 1 aromatic heterocycles. The average molecular weight is 212 g/mol. The third-order valence-electron chi connectivity index (χ3n) is 2.26. The molecule has 0 spiro atoms. The summed E-state index contributed by atoms with van der Waals surface area (Å²) in [7, 11) is 0. The summed E-state index contributed by atoms with van der Waals surface area (Å²) in [6, 6.07) is 1.88. The van der Waals surface area contributed by atoms with Gasteiger partial charge in [0, 0.05) is 13.1 Å². The van der Waals surface area contributed by atoms with Crippen molar-refractivity contribution in [2.75, 3.05) is 0 Å². The molecule has 4 heteroatoms. The van der Waals surface area contributed by atoms with Gasteiger partial charge in [0.1, 0.15) is 6.10 Å². The van der Waals surface area contributed by atoms with Gasteiger partial charge in [0.15, 0.2) is 0 Å². The highest BCUT2D eigenvalue weighted by molar-refractivity contribution is 6.30. The van der Waals surface area contributed by atoms with E-state index in [4.69, 9.17) is 16.3 Å². The molecule has 0 saturated carbocycles. The molecule has 1 aliphatic rings. The fourth-order valence-corrected chi connectivity index (χ4v) is 1.90. The van der Waals surface area contributed by atoms with Crippen molar-refractivity contribution < 1.29 is 9.53 Å². The van der Waals surface area contributed by atoms with Crippen LogP contribution in [-0.2, 0) is 16.0 Å². The van der Waals surface area contributed by atoms with Gasteiger partial charge in [-0.2, -0.15) is 0 Å². The predicted molar refractivity (Wildman–Crippen MR) is 52.1 cm³/mol. The summed E-state index contributed by atoms with van der Waals surface area (Å²) in [4.78, 5) is 15.0. The Labute approximate surface area is 87.0 Å². The zero-order valence-corrected chi connectivity index (χ0v) is 8.54. The molecule has 0 bridgehead atoms. The van der Waals surface area contributed by atoms with Gasteiger partial charge in [-0.05, 0) is 24.5 Å². The van der Waals surface area contributed by atoms with Crippen LogP contribution < -0.4 is 0 Å². The molecule has 1 aromatic rings. The van der Waals surface area contributed by atoms with E-state index in [1.807, 2.05) is 6.07 Å². The van der Waals surface area contributed by atoms with Crippen LogP contribution in [0.5, 0.6) is 0 Å². The minimum atomic E-state index is -0.264. The topological polar surface area (TPSA) is 39.2 Å². The number of nitrogens with zero attached hydrogens (tertiary/aromatic N) is 1. The van der Waals surface area contributed by atoms with E-state index in [9.17, 15) is 4.79 Å². The molecule has 3 nitrogen and oxygen atoms in total. The number of halogens is 1. The number of fused-ring (bicyclic) bond motifs is 1. The lowest BCUT2D eigenvalue weighted by molar-refractivity contribution is -0.146. The molecule has 0 N–H and O–H groups in total. The van der Waals surface area contributed by atoms with Crippen molar-refractivity contribution in [1.82, 2.24) is 4.98 Å². The second kappa shape index (κ2) is 3.58. The molecule has 0 fully saturated rings. The van der Waals surface area contributed by atoms with E-state index in [-0.39, 0.29) is 12.1 Å². The van der Waals surface area contributed by atoms with Gasteiger partial charge in [-0.25, -0.2) is 0 Å². The number of aryl methyl sites for hydroxylation is 1. The monoisotopic (exact) mass is 211 g/mol. The van der Waals surface area contributed by atoms with Gasteiger partial charge in [-0.1, -0.05) is 11.6 Å². The number of esters is 1. The quantitative estimate of drug-likeness (QED) is 0.669. The van der Waals surface area contributed by atoms with Crippen molar-refractivity contribution >= 4 is 17.6 Å². The molecule has 0 aromatic carbocycles. The van der Waals surface area contributed by atoms with E-state index < -0.39 is 0 Å². The van der Waals surface area contributed by atoms with E-state index in [2.05, 4.69) is 4.98 Å². The normalized spacial score (nSPS) is 19.1. The minimum Gasteiger partial charge on any atom is -0.456 e. The number of carbonyl (C=O) groups excluding carboxylic acids is 1. The van der Waals surface area contributed by atoms with Gasteiger partial charge in [0.2, 0.25) is 0 Å². The van der Waals surface area contributed by atoms with Crippen molar-refractivity contribution in [3.8, 4) is 0 Å². The molecule has 1 heterocycles. The van der Waals surface area contributed by atoms with E-state index in [1.54, 1.807) is 6.20 Å². The van der Waals surface area contributed by atoms with Crippen LogP contribution in [0.1, 0.15) is 30.7 Å². The molecule has 0 saturated heterocycles. The van der Waals surface area contributed by atoms with Crippen LogP contribution in [0.3, 0.4) is 0 Å². The third-order valence-corrected chi connectivity index (χ3v) is 2.46. The Kier molecular flexibility index (Phi) is 2.42. The summed E-state index contributed by atoms with van der Waals surface area (Å²) in [6.45, 7) is 1.41. The van der Waals surface area contributed by atoms with E-state index in [0.29, 0.717) is 5.02 Å². The van der Waals surface area contributed by atoms with Gasteiger partial charge < -0.3 is 4.74 Å². The van der Waals surface area contributed by atoms with Gasteiger partial charge in [-0.15, -0.1) is 0 Å². The lowest BCUT2D eigenvalue weighted by Crippen LogP contribution is -2.06. The number of carbonyl (C=O) groups is 1. The second-order valence-electron chi connectivity index (χ2n) is 3.33. The molecule has 0 amide bonds. The third kappa shape index (κ3) is 1.73. The Bertz CT molecular complexity index is 378. The molecular weight excluding hydrogens is 202 g/mol. The van der Waals surface area contributed by atoms with Crippen LogP contribution in [0.2, 0.25) is 5.02 Å². The molecule has 1 atom stereocenters. The first kappa shape index (κ1) is 9.46. The largest absolute Gasteiger partial charge is 0.456 e. The summed E-state index contributed by atoms with van der Waals surface area (Å²) in [5.74, 6) is -0.264. The van der Waals surface area contributed by atoms with Crippen molar-refractivity contribution in [3.63, 3.8) is 0 Å². The van der Waals surface area contributed by atoms with Crippen molar-refractivity contribution in [2.24, 2.45) is 0 Å². The van der Waals surface area contributed by atoms with E-state index >= 15 is 0 Å². The molecule has 14 heavy (non-hydrogen) atoms. The zero-order valence-electron chi connectivity index (χ0n) is 7.79. The predicted octanol–water partition coefficient (Wildman–Crippen LogP) is 2.29. The van der Waals surface area contributed by atoms with Crippen LogP contribution in [0, 0.1) is 0 Å². The smallest absolute Gasteiger partial charge is 0.303 e. The lowest BCUT2D eigenvalue weighted by Gasteiger charge is -2.10. The van der Waals surface area contributed by atoms with Crippen LogP contribution in [0.4, 0.5) is 0 Å². The Hall–Kier alpha value is -1.09. The van der Waals surface area contributed by atoms with Crippen LogP contribution in [-0.4, -0.2) is 11.0 Å². The first-order valence-electron chi connectivity index (χ1n) is 4.48. The molecule has 1 aliphatic carbocycles. The van der Waals surface area contributed by atoms with Gasteiger partial charge in [-0.3, -0.25) is 9.78 Å². The molecule has 0 aliphatic heterocycles. The minimum absolute atomic E-state index is 0.181. The maximum absolute atomic E-state index is 10.8. The fourth-order valence-electron chi connectivity index (χ4n) is 1.72. The maximum atomic E-state index is 10.8. The van der Waals surface area contributed by atoms with Crippen molar-refractivity contribution in [3.05, 3.63) is 28.5 Å². The molecular formula is C10H10ClNO2. The number of hydrogen-bond acceptors (Lipinski definition) is 3. The van der Waals surface area contributed by atoms with Gasteiger partial charge in [0.25, 0.3) is 0 Å². The molecule has 0 radical (unpaired) electrons. The molecule has 1 unspecified atom stereocenters. The Morgan fingerprint density at radius 1 is 1.71 bits per heavy atom. The van der Waals surface area contributed by atoms with Crippen LogP contribution >= 0.6 is 11.6 Å². The number of hydrogen-bond donors (Lipinski definition) is 0. The highest BCUT2D eigenvalue weighted by Crippen LogP contribution is 2.33. The first-order valence-corrected chi connectivity index (χ1v) is 4.86. The summed E-state index contributed by atoms with van der Waals surface area (Å²) in [5.41, 5.74) is 1.94. The van der Waals surface area contributed by atoms with Crippen LogP contribution in [0.25, 0.3) is 0 Å². The van der Waals surface area contributed by atoms with E-state index in [1.165, 1.54) is 6.92 Å². The maximum Gasteiger partial charge on any atom is 0.303 e. The van der Waals surface area contributed by atoms with Gasteiger partial charge in [0.05, 0.1) is 10.7 Å².